The number of hydrogen-bond donors (Lipinski definition) is 2. The molecule has 3 aromatic rings. The zero-order valence-electron chi connectivity index (χ0n) is 14.7. The van der Waals surface area contributed by atoms with Crippen LogP contribution in [0.3, 0.4) is 0 Å². The summed E-state index contributed by atoms with van der Waals surface area (Å²) in [6.45, 7) is 0.881. The number of nitrogens with two attached hydrogens (primary N) is 1. The van der Waals surface area contributed by atoms with Crippen molar-refractivity contribution in [3.05, 3.63) is 47.5 Å². The molecule has 0 saturated carbocycles. The summed E-state index contributed by atoms with van der Waals surface area (Å²) in [6.07, 6.45) is -4.64. The van der Waals surface area contributed by atoms with Gasteiger partial charge < -0.3 is 20.5 Å². The standard InChI is InChI=1S/C18H14F3N5O2S/c19-18(20,21)15-9-11(14-2-1-7-29-14)24-17(25-15)26-16(22)23-10-3-4-12-13(8-10)28-6-5-27-12/h1-4,7-9H,5-6H2,(H3,22,23,24,25,26). The molecule has 1 aliphatic rings. The molecular formula is C18H14F3N5O2S. The monoisotopic (exact) mass is 421 g/mol. The second-order valence-corrected chi connectivity index (χ2v) is 6.84. The summed E-state index contributed by atoms with van der Waals surface area (Å²) >= 11 is 1.26. The Balaban J connectivity index is 1.63. The first-order valence-electron chi connectivity index (χ1n) is 8.39. The lowest BCUT2D eigenvalue weighted by molar-refractivity contribution is -0.141. The summed E-state index contributed by atoms with van der Waals surface area (Å²) in [5, 5.41) is 4.53. The number of rotatable bonds is 3. The van der Waals surface area contributed by atoms with Gasteiger partial charge in [0.1, 0.15) is 13.2 Å². The number of benzene rings is 1. The van der Waals surface area contributed by atoms with Gasteiger partial charge in [-0.1, -0.05) is 6.07 Å². The molecule has 0 unspecified atom stereocenters. The number of alkyl halides is 3. The van der Waals surface area contributed by atoms with Crippen LogP contribution in [0.4, 0.5) is 24.8 Å². The fourth-order valence-electron chi connectivity index (χ4n) is 2.58. The lowest BCUT2D eigenvalue weighted by atomic mass is 10.2. The molecule has 0 fully saturated rings. The van der Waals surface area contributed by atoms with Crippen molar-refractivity contribution >= 4 is 28.9 Å². The number of hydrogen-bond acceptors (Lipinski definition) is 6. The predicted molar refractivity (Wildman–Crippen MR) is 103 cm³/mol. The topological polar surface area (TPSA) is 94.7 Å². The Bertz CT molecular complexity index is 1050. The molecule has 1 aromatic carbocycles. The molecule has 0 spiro atoms. The van der Waals surface area contributed by atoms with Crippen molar-refractivity contribution in [1.29, 1.82) is 0 Å². The average Bonchev–Trinajstić information content (AvgIpc) is 3.22. The second kappa shape index (κ2) is 7.59. The van der Waals surface area contributed by atoms with Crippen molar-refractivity contribution in [3.8, 4) is 22.1 Å². The lowest BCUT2D eigenvalue weighted by Gasteiger charge is -2.19. The molecule has 0 bridgehead atoms. The first-order chi connectivity index (χ1) is 13.9. The molecule has 0 atom stereocenters. The molecule has 0 radical (unpaired) electrons. The number of thiophene rings is 1. The minimum absolute atomic E-state index is 0.119. The summed E-state index contributed by atoms with van der Waals surface area (Å²) < 4.78 is 50.6. The number of anilines is 1. The second-order valence-electron chi connectivity index (χ2n) is 5.89. The molecule has 7 nitrogen and oxygen atoms in total. The van der Waals surface area contributed by atoms with E-state index in [0.717, 1.165) is 6.07 Å². The average molecular weight is 421 g/mol. The van der Waals surface area contributed by atoms with Crippen LogP contribution < -0.4 is 20.5 Å². The minimum atomic E-state index is -4.64. The summed E-state index contributed by atoms with van der Waals surface area (Å²) in [6, 6.07) is 9.30. The Hall–Kier alpha value is -3.34. The van der Waals surface area contributed by atoms with Crippen LogP contribution in [0.5, 0.6) is 11.5 Å². The summed E-state index contributed by atoms with van der Waals surface area (Å²) in [5.74, 6) is 0.562. The molecule has 0 saturated heterocycles. The van der Waals surface area contributed by atoms with Gasteiger partial charge in [-0.05, 0) is 29.6 Å². The molecule has 3 heterocycles. The van der Waals surface area contributed by atoms with Gasteiger partial charge in [0.05, 0.1) is 10.6 Å². The van der Waals surface area contributed by atoms with Crippen LogP contribution in [0.2, 0.25) is 0 Å². The van der Waals surface area contributed by atoms with Crippen LogP contribution in [-0.4, -0.2) is 29.1 Å². The number of ether oxygens (including phenoxy) is 2. The van der Waals surface area contributed by atoms with E-state index in [0.29, 0.717) is 35.3 Å². The predicted octanol–water partition coefficient (Wildman–Crippen LogP) is 4.05. The highest BCUT2D eigenvalue weighted by atomic mass is 32.1. The molecule has 29 heavy (non-hydrogen) atoms. The van der Waals surface area contributed by atoms with Crippen molar-refractivity contribution in [3.63, 3.8) is 0 Å². The van der Waals surface area contributed by atoms with E-state index in [-0.39, 0.29) is 11.7 Å². The zero-order valence-corrected chi connectivity index (χ0v) is 15.5. The SMILES string of the molecule is N/C(=N\c1nc(-c2cccs2)cc(C(F)(F)F)n1)Nc1ccc2c(c1)OCCO2. The van der Waals surface area contributed by atoms with Crippen molar-refractivity contribution < 1.29 is 22.6 Å². The van der Waals surface area contributed by atoms with Crippen molar-refractivity contribution in [2.45, 2.75) is 6.18 Å². The third kappa shape index (κ3) is 4.40. The van der Waals surface area contributed by atoms with Gasteiger partial charge in [-0.3, -0.25) is 0 Å². The molecule has 11 heteroatoms. The van der Waals surface area contributed by atoms with Gasteiger partial charge in [-0.25, -0.2) is 9.97 Å². The summed E-state index contributed by atoms with van der Waals surface area (Å²) in [4.78, 5) is 12.0. The number of aromatic nitrogens is 2. The van der Waals surface area contributed by atoms with E-state index in [1.807, 2.05) is 0 Å². The normalized spacial score (nSPS) is 14.0. The van der Waals surface area contributed by atoms with E-state index in [1.165, 1.54) is 11.3 Å². The molecule has 0 aliphatic carbocycles. The van der Waals surface area contributed by atoms with Gasteiger partial charge >= 0.3 is 6.18 Å². The minimum Gasteiger partial charge on any atom is -0.486 e. The van der Waals surface area contributed by atoms with Gasteiger partial charge in [-0.15, -0.1) is 11.3 Å². The maximum atomic E-state index is 13.2. The Morgan fingerprint density at radius 1 is 1.10 bits per heavy atom. The zero-order chi connectivity index (χ0) is 20.4. The van der Waals surface area contributed by atoms with E-state index >= 15 is 0 Å². The van der Waals surface area contributed by atoms with E-state index in [1.54, 1.807) is 35.7 Å². The van der Waals surface area contributed by atoms with Crippen molar-refractivity contribution in [2.75, 3.05) is 18.5 Å². The Morgan fingerprint density at radius 3 is 2.62 bits per heavy atom. The maximum absolute atomic E-state index is 13.2. The first-order valence-corrected chi connectivity index (χ1v) is 9.27. The van der Waals surface area contributed by atoms with Gasteiger partial charge in [0, 0.05) is 11.8 Å². The molecule has 1 aliphatic heterocycles. The highest BCUT2D eigenvalue weighted by Gasteiger charge is 2.34. The summed E-state index contributed by atoms with van der Waals surface area (Å²) in [7, 11) is 0. The Kier molecular flexibility index (Phi) is 4.97. The largest absolute Gasteiger partial charge is 0.486 e. The Morgan fingerprint density at radius 2 is 1.90 bits per heavy atom. The fourth-order valence-corrected chi connectivity index (χ4v) is 3.27. The number of fused-ring (bicyclic) bond motifs is 1. The van der Waals surface area contributed by atoms with Gasteiger partial charge in [0.25, 0.3) is 5.95 Å². The van der Waals surface area contributed by atoms with Crippen LogP contribution in [0.1, 0.15) is 5.69 Å². The van der Waals surface area contributed by atoms with Crippen LogP contribution in [-0.2, 0) is 6.18 Å². The smallest absolute Gasteiger partial charge is 0.433 e. The Labute approximate surface area is 167 Å². The van der Waals surface area contributed by atoms with E-state index < -0.39 is 17.8 Å². The van der Waals surface area contributed by atoms with Gasteiger partial charge in [-0.2, -0.15) is 18.2 Å². The quantitative estimate of drug-likeness (QED) is 0.489. The number of aliphatic imine (C=N–C) groups is 1. The van der Waals surface area contributed by atoms with Crippen LogP contribution in [0.25, 0.3) is 10.6 Å². The molecule has 0 amide bonds. The van der Waals surface area contributed by atoms with Crippen LogP contribution in [0.15, 0.2) is 46.8 Å². The fraction of sp³-hybridized carbons (Fsp3) is 0.167. The lowest BCUT2D eigenvalue weighted by Crippen LogP contribution is -2.23. The van der Waals surface area contributed by atoms with Gasteiger partial charge in [0.15, 0.2) is 17.2 Å². The highest BCUT2D eigenvalue weighted by Crippen LogP contribution is 2.34. The van der Waals surface area contributed by atoms with E-state index in [4.69, 9.17) is 15.2 Å². The van der Waals surface area contributed by atoms with E-state index in [2.05, 4.69) is 20.3 Å². The number of guanidine groups is 1. The molecule has 3 N–H and O–H groups in total. The van der Waals surface area contributed by atoms with E-state index in [9.17, 15) is 13.2 Å². The van der Waals surface area contributed by atoms with Gasteiger partial charge in [0.2, 0.25) is 5.96 Å². The number of nitrogens with zero attached hydrogens (tertiary/aromatic N) is 3. The molecule has 150 valence electrons. The number of halogens is 3. The van der Waals surface area contributed by atoms with Crippen molar-refractivity contribution in [1.82, 2.24) is 9.97 Å². The number of nitrogens with one attached hydrogen (secondary N) is 1. The van der Waals surface area contributed by atoms with Crippen LogP contribution in [0, 0.1) is 0 Å². The molecular weight excluding hydrogens is 407 g/mol. The highest BCUT2D eigenvalue weighted by molar-refractivity contribution is 7.13. The summed E-state index contributed by atoms with van der Waals surface area (Å²) in [5.41, 5.74) is 5.40. The molecule has 4 rings (SSSR count). The van der Waals surface area contributed by atoms with Crippen molar-refractivity contribution in [2.24, 2.45) is 10.7 Å². The molecule has 2 aromatic heterocycles. The first kappa shape index (κ1) is 19.0. The van der Waals surface area contributed by atoms with Crippen LogP contribution >= 0.6 is 11.3 Å². The maximum Gasteiger partial charge on any atom is 0.433 e. The third-order valence-corrected chi connectivity index (χ3v) is 4.71. The third-order valence-electron chi connectivity index (χ3n) is 3.81.